The Kier molecular flexibility index (Phi) is 4.91. The minimum absolute atomic E-state index is 0.0497. The minimum Gasteiger partial charge on any atom is -0.456 e. The Morgan fingerprint density at radius 1 is 1.20 bits per heavy atom. The van der Waals surface area contributed by atoms with E-state index in [4.69, 9.17) is 27.3 Å². The van der Waals surface area contributed by atoms with E-state index in [1.54, 1.807) is 18.2 Å². The molecule has 0 amide bonds. The fourth-order valence-electron chi connectivity index (χ4n) is 1.51. The molecule has 2 rings (SSSR count). The summed E-state index contributed by atoms with van der Waals surface area (Å²) in [6.45, 7) is 0. The summed E-state index contributed by atoms with van der Waals surface area (Å²) in [5.74, 6) is 1.15. The van der Waals surface area contributed by atoms with Gasteiger partial charge >= 0.3 is 0 Å². The first-order valence-corrected chi connectivity index (χ1v) is 7.38. The number of ether oxygens (including phenoxy) is 1. The summed E-state index contributed by atoms with van der Waals surface area (Å²) in [7, 11) is 0. The highest BCUT2D eigenvalue weighted by atomic mass is 79.9. The maximum absolute atomic E-state index is 8.64. The van der Waals surface area contributed by atoms with E-state index in [1.165, 1.54) is 0 Å². The molecule has 0 heterocycles. The molecule has 0 radical (unpaired) electrons. The molecule has 0 bridgehead atoms. The quantitative estimate of drug-likeness (QED) is 0.326. The number of hydrogen-bond acceptors (Lipinski definition) is 3. The van der Waals surface area contributed by atoms with Crippen molar-refractivity contribution in [2.24, 2.45) is 10.9 Å². The molecule has 0 aliphatic rings. The molecule has 7 heteroatoms. The highest BCUT2D eigenvalue weighted by molar-refractivity contribution is 9.11. The molecule has 0 aliphatic heterocycles. The Bertz CT molecular complexity index is 677. The number of nitrogens with zero attached hydrogens (tertiary/aromatic N) is 1. The predicted molar refractivity (Wildman–Crippen MR) is 85.9 cm³/mol. The van der Waals surface area contributed by atoms with Crippen molar-refractivity contribution in [2.75, 3.05) is 0 Å². The van der Waals surface area contributed by atoms with Crippen LogP contribution in [-0.2, 0) is 0 Å². The molecule has 2 aromatic carbocycles. The molecule has 0 atom stereocenters. The number of benzene rings is 2. The number of hydrogen-bond donors (Lipinski definition) is 2. The molecule has 0 aliphatic carbocycles. The smallest absolute Gasteiger partial charge is 0.171 e. The molecule has 3 N–H and O–H groups in total. The normalized spacial score (nSPS) is 11.4. The second-order valence-corrected chi connectivity index (χ2v) is 5.98. The van der Waals surface area contributed by atoms with Gasteiger partial charge in [-0.25, -0.2) is 0 Å². The van der Waals surface area contributed by atoms with Crippen molar-refractivity contribution < 1.29 is 9.94 Å². The monoisotopic (exact) mass is 418 g/mol. The van der Waals surface area contributed by atoms with Crippen molar-refractivity contribution in [3.05, 3.63) is 55.9 Å². The summed E-state index contributed by atoms with van der Waals surface area (Å²) in [5.41, 5.74) is 5.94. The average Bonchev–Trinajstić information content (AvgIpc) is 2.41. The van der Waals surface area contributed by atoms with Gasteiger partial charge in [-0.05, 0) is 46.3 Å². The Morgan fingerprint density at radius 3 is 2.55 bits per heavy atom. The van der Waals surface area contributed by atoms with E-state index >= 15 is 0 Å². The van der Waals surface area contributed by atoms with Crippen molar-refractivity contribution in [1.82, 2.24) is 0 Å². The lowest BCUT2D eigenvalue weighted by Crippen LogP contribution is -2.13. The van der Waals surface area contributed by atoms with Crippen molar-refractivity contribution in [1.29, 1.82) is 0 Å². The zero-order valence-corrected chi connectivity index (χ0v) is 13.9. The molecule has 0 aromatic heterocycles. The van der Waals surface area contributed by atoms with Gasteiger partial charge in [0.2, 0.25) is 0 Å². The van der Waals surface area contributed by atoms with Gasteiger partial charge in [-0.1, -0.05) is 32.7 Å². The fourth-order valence-corrected chi connectivity index (χ4v) is 2.90. The predicted octanol–water partition coefficient (Wildman–Crippen LogP) is 4.75. The van der Waals surface area contributed by atoms with Gasteiger partial charge in [0.1, 0.15) is 11.5 Å². The second-order valence-electron chi connectivity index (χ2n) is 3.80. The molecular weight excluding hydrogens is 411 g/mol. The lowest BCUT2D eigenvalue weighted by molar-refractivity contribution is 0.318. The summed E-state index contributed by atoms with van der Waals surface area (Å²) in [6, 6.07) is 10.5. The highest BCUT2D eigenvalue weighted by Gasteiger charge is 2.09. The summed E-state index contributed by atoms with van der Waals surface area (Å²) < 4.78 is 7.47. The van der Waals surface area contributed by atoms with E-state index in [1.807, 2.05) is 18.2 Å². The van der Waals surface area contributed by atoms with Crippen LogP contribution in [0.25, 0.3) is 0 Å². The number of oxime groups is 1. The van der Waals surface area contributed by atoms with Gasteiger partial charge in [0.25, 0.3) is 0 Å². The Hall–Kier alpha value is -1.24. The molecule has 4 nitrogen and oxygen atoms in total. The second kappa shape index (κ2) is 6.47. The molecule has 0 saturated heterocycles. The van der Waals surface area contributed by atoms with Crippen LogP contribution in [0.15, 0.2) is 50.5 Å². The van der Waals surface area contributed by atoms with Gasteiger partial charge in [-0.3, -0.25) is 0 Å². The largest absolute Gasteiger partial charge is 0.456 e. The molecule has 0 fully saturated rings. The lowest BCUT2D eigenvalue weighted by atomic mass is 10.2. The maximum atomic E-state index is 8.64. The van der Waals surface area contributed by atoms with Crippen molar-refractivity contribution >= 4 is 49.3 Å². The first-order valence-electron chi connectivity index (χ1n) is 5.41. The minimum atomic E-state index is -0.0497. The number of rotatable bonds is 3. The van der Waals surface area contributed by atoms with E-state index < -0.39 is 0 Å². The van der Waals surface area contributed by atoms with Crippen LogP contribution in [0.1, 0.15) is 5.56 Å². The zero-order chi connectivity index (χ0) is 14.7. The topological polar surface area (TPSA) is 67.8 Å². The van der Waals surface area contributed by atoms with Crippen LogP contribution in [0.3, 0.4) is 0 Å². The third-order valence-corrected chi connectivity index (χ3v) is 3.87. The third-order valence-electron chi connectivity index (χ3n) is 2.45. The Labute approximate surface area is 137 Å². The van der Waals surface area contributed by atoms with Crippen molar-refractivity contribution in [3.63, 3.8) is 0 Å². The highest BCUT2D eigenvalue weighted by Crippen LogP contribution is 2.33. The van der Waals surface area contributed by atoms with Crippen LogP contribution >= 0.6 is 43.5 Å². The standard InChI is InChI=1S/C13H9Br2ClN2O2/c14-7-1-4-12(10(15)5-7)20-8-2-3-9(11(16)6-8)13(17)18-19/h1-6,19H,(H2,17,18). The maximum Gasteiger partial charge on any atom is 0.171 e. The molecule has 20 heavy (non-hydrogen) atoms. The van der Waals surface area contributed by atoms with Crippen LogP contribution in [0.2, 0.25) is 5.02 Å². The van der Waals surface area contributed by atoms with E-state index in [2.05, 4.69) is 37.0 Å². The lowest BCUT2D eigenvalue weighted by Gasteiger charge is -2.10. The van der Waals surface area contributed by atoms with Gasteiger partial charge < -0.3 is 15.7 Å². The van der Waals surface area contributed by atoms with E-state index in [0.717, 1.165) is 8.95 Å². The summed E-state index contributed by atoms with van der Waals surface area (Å²) in [6.07, 6.45) is 0. The molecule has 0 spiro atoms. The fraction of sp³-hybridized carbons (Fsp3) is 0. The van der Waals surface area contributed by atoms with Crippen LogP contribution in [-0.4, -0.2) is 11.0 Å². The summed E-state index contributed by atoms with van der Waals surface area (Å²) in [5, 5.41) is 11.9. The van der Waals surface area contributed by atoms with Gasteiger partial charge in [-0.2, -0.15) is 0 Å². The first-order chi connectivity index (χ1) is 9.51. The van der Waals surface area contributed by atoms with E-state index in [-0.39, 0.29) is 5.84 Å². The van der Waals surface area contributed by atoms with Gasteiger partial charge in [0.05, 0.1) is 9.50 Å². The Morgan fingerprint density at radius 2 is 1.95 bits per heavy atom. The van der Waals surface area contributed by atoms with Crippen molar-refractivity contribution in [3.8, 4) is 11.5 Å². The molecule has 0 unspecified atom stereocenters. The summed E-state index contributed by atoms with van der Waals surface area (Å²) >= 11 is 12.8. The van der Waals surface area contributed by atoms with Crippen LogP contribution < -0.4 is 10.5 Å². The zero-order valence-electron chi connectivity index (χ0n) is 9.98. The van der Waals surface area contributed by atoms with Crippen molar-refractivity contribution in [2.45, 2.75) is 0 Å². The van der Waals surface area contributed by atoms with Crippen LogP contribution in [0.4, 0.5) is 0 Å². The van der Waals surface area contributed by atoms with Gasteiger partial charge in [-0.15, -0.1) is 0 Å². The van der Waals surface area contributed by atoms with Gasteiger partial charge in [0, 0.05) is 16.1 Å². The third kappa shape index (κ3) is 3.45. The van der Waals surface area contributed by atoms with E-state index in [9.17, 15) is 0 Å². The van der Waals surface area contributed by atoms with Crippen LogP contribution in [0.5, 0.6) is 11.5 Å². The molecule has 2 aromatic rings. The van der Waals surface area contributed by atoms with Crippen LogP contribution in [0, 0.1) is 0 Å². The average molecular weight is 420 g/mol. The summed E-state index contributed by atoms with van der Waals surface area (Å²) in [4.78, 5) is 0. The Balaban J connectivity index is 2.29. The SMILES string of the molecule is NC(=NO)c1ccc(Oc2ccc(Br)cc2Br)cc1Cl. The molecule has 0 saturated carbocycles. The molecule has 104 valence electrons. The first kappa shape index (κ1) is 15.2. The number of amidine groups is 1. The van der Waals surface area contributed by atoms with E-state index in [0.29, 0.717) is 22.1 Å². The molecular formula is C13H9Br2ClN2O2. The number of nitrogens with two attached hydrogens (primary N) is 1. The number of halogens is 3. The van der Waals surface area contributed by atoms with Gasteiger partial charge in [0.15, 0.2) is 5.84 Å².